The third kappa shape index (κ3) is 4.05. The van der Waals surface area contributed by atoms with Crippen molar-refractivity contribution in [2.75, 3.05) is 13.1 Å². The predicted octanol–water partition coefficient (Wildman–Crippen LogP) is 2.80. The molecule has 0 bridgehead atoms. The summed E-state index contributed by atoms with van der Waals surface area (Å²) in [4.78, 5) is 2.46. The van der Waals surface area contributed by atoms with E-state index in [4.69, 9.17) is 5.84 Å². The highest BCUT2D eigenvalue weighted by molar-refractivity contribution is 5.29. The number of likely N-dealkylation sites (N-methyl/N-ethyl adjacent to an activating group) is 1. The van der Waals surface area contributed by atoms with Gasteiger partial charge in [0, 0.05) is 11.6 Å². The molecule has 0 saturated carbocycles. The number of nitrogens with zero attached hydrogens (tertiary/aromatic N) is 1. The SMILES string of the molecule is CCN(CC)C(C)(C)C(Cc1cc(C)cc(C)c1)NN. The van der Waals surface area contributed by atoms with Gasteiger partial charge in [-0.2, -0.15) is 0 Å². The minimum absolute atomic E-state index is 0.0237. The molecule has 0 amide bonds. The standard InChI is InChI=1S/C17H31N3/c1-7-20(8-2)17(5,6)16(19-18)12-15-10-13(3)9-14(4)11-15/h9-11,16,19H,7-8,12,18H2,1-6H3. The summed E-state index contributed by atoms with van der Waals surface area (Å²) in [6.07, 6.45) is 0.947. The van der Waals surface area contributed by atoms with Gasteiger partial charge >= 0.3 is 0 Å². The summed E-state index contributed by atoms with van der Waals surface area (Å²) in [5.41, 5.74) is 7.05. The van der Waals surface area contributed by atoms with Gasteiger partial charge in [0.1, 0.15) is 0 Å². The topological polar surface area (TPSA) is 41.3 Å². The maximum atomic E-state index is 5.85. The van der Waals surface area contributed by atoms with Gasteiger partial charge in [-0.25, -0.2) is 0 Å². The summed E-state index contributed by atoms with van der Waals surface area (Å²) in [5, 5.41) is 0. The van der Waals surface area contributed by atoms with Crippen molar-refractivity contribution in [3.05, 3.63) is 34.9 Å². The van der Waals surface area contributed by atoms with E-state index in [1.165, 1.54) is 16.7 Å². The van der Waals surface area contributed by atoms with Crippen LogP contribution in [0.5, 0.6) is 0 Å². The Morgan fingerprint density at radius 2 is 1.60 bits per heavy atom. The minimum Gasteiger partial charge on any atom is -0.297 e. The van der Waals surface area contributed by atoms with Crippen LogP contribution in [0.3, 0.4) is 0 Å². The van der Waals surface area contributed by atoms with Gasteiger partial charge in [-0.1, -0.05) is 43.2 Å². The summed E-state index contributed by atoms with van der Waals surface area (Å²) in [6.45, 7) is 15.3. The van der Waals surface area contributed by atoms with Gasteiger partial charge in [-0.15, -0.1) is 0 Å². The van der Waals surface area contributed by atoms with E-state index in [1.807, 2.05) is 0 Å². The fourth-order valence-corrected chi connectivity index (χ4v) is 3.19. The third-order valence-electron chi connectivity index (χ3n) is 4.35. The monoisotopic (exact) mass is 277 g/mol. The molecule has 0 aliphatic heterocycles. The van der Waals surface area contributed by atoms with E-state index in [2.05, 4.69) is 70.1 Å². The number of hydrogen-bond donors (Lipinski definition) is 2. The minimum atomic E-state index is 0.0237. The molecule has 20 heavy (non-hydrogen) atoms. The van der Waals surface area contributed by atoms with E-state index >= 15 is 0 Å². The van der Waals surface area contributed by atoms with Crippen LogP contribution in [0.25, 0.3) is 0 Å². The molecule has 1 aromatic carbocycles. The number of rotatable bonds is 7. The number of hydrazine groups is 1. The van der Waals surface area contributed by atoms with Gasteiger partial charge in [0.25, 0.3) is 0 Å². The lowest BCUT2D eigenvalue weighted by atomic mass is 9.87. The Kier molecular flexibility index (Phi) is 6.18. The Labute approximate surface area is 124 Å². The Balaban J connectivity index is 2.95. The normalized spacial score (nSPS) is 13.8. The first-order valence-corrected chi connectivity index (χ1v) is 7.63. The van der Waals surface area contributed by atoms with E-state index in [-0.39, 0.29) is 11.6 Å². The Hall–Kier alpha value is -0.900. The van der Waals surface area contributed by atoms with Crippen LogP contribution in [0.1, 0.15) is 44.4 Å². The lowest BCUT2D eigenvalue weighted by Crippen LogP contribution is -2.60. The van der Waals surface area contributed by atoms with E-state index in [9.17, 15) is 0 Å². The van der Waals surface area contributed by atoms with Crippen molar-refractivity contribution in [2.24, 2.45) is 5.84 Å². The van der Waals surface area contributed by atoms with E-state index in [1.54, 1.807) is 0 Å². The number of benzene rings is 1. The molecule has 114 valence electrons. The predicted molar refractivity (Wildman–Crippen MR) is 87.7 cm³/mol. The van der Waals surface area contributed by atoms with Crippen molar-refractivity contribution in [3.63, 3.8) is 0 Å². The largest absolute Gasteiger partial charge is 0.297 e. The van der Waals surface area contributed by atoms with Gasteiger partial charge in [-0.05, 0) is 52.8 Å². The fraction of sp³-hybridized carbons (Fsp3) is 0.647. The van der Waals surface area contributed by atoms with Crippen molar-refractivity contribution >= 4 is 0 Å². The van der Waals surface area contributed by atoms with Crippen LogP contribution < -0.4 is 11.3 Å². The average molecular weight is 277 g/mol. The van der Waals surface area contributed by atoms with E-state index < -0.39 is 0 Å². The van der Waals surface area contributed by atoms with Crippen molar-refractivity contribution in [2.45, 2.75) is 59.5 Å². The number of nitrogens with one attached hydrogen (secondary N) is 1. The maximum Gasteiger partial charge on any atom is 0.0429 e. The molecule has 1 rings (SSSR count). The zero-order valence-corrected chi connectivity index (χ0v) is 14.0. The van der Waals surface area contributed by atoms with Crippen LogP contribution in [-0.4, -0.2) is 29.6 Å². The third-order valence-corrected chi connectivity index (χ3v) is 4.35. The average Bonchev–Trinajstić information content (AvgIpc) is 2.35. The van der Waals surface area contributed by atoms with Crippen LogP contribution in [0.2, 0.25) is 0 Å². The lowest BCUT2D eigenvalue weighted by molar-refractivity contribution is 0.0912. The van der Waals surface area contributed by atoms with Crippen molar-refractivity contribution < 1.29 is 0 Å². The van der Waals surface area contributed by atoms with Crippen molar-refractivity contribution in [3.8, 4) is 0 Å². The first kappa shape index (κ1) is 17.2. The molecule has 1 aromatic rings. The first-order valence-electron chi connectivity index (χ1n) is 7.63. The molecule has 0 heterocycles. The highest BCUT2D eigenvalue weighted by Gasteiger charge is 2.33. The second kappa shape index (κ2) is 7.21. The second-order valence-electron chi connectivity index (χ2n) is 6.25. The van der Waals surface area contributed by atoms with Crippen LogP contribution in [-0.2, 0) is 6.42 Å². The van der Waals surface area contributed by atoms with Crippen LogP contribution >= 0.6 is 0 Å². The fourth-order valence-electron chi connectivity index (χ4n) is 3.19. The molecular formula is C17H31N3. The molecule has 0 fully saturated rings. The van der Waals surface area contributed by atoms with Crippen molar-refractivity contribution in [1.82, 2.24) is 10.3 Å². The van der Waals surface area contributed by atoms with Crippen molar-refractivity contribution in [1.29, 1.82) is 0 Å². The maximum absolute atomic E-state index is 5.85. The van der Waals surface area contributed by atoms with Crippen LogP contribution in [0.4, 0.5) is 0 Å². The molecule has 1 unspecified atom stereocenters. The van der Waals surface area contributed by atoms with E-state index in [0.29, 0.717) is 0 Å². The van der Waals surface area contributed by atoms with Crippen LogP contribution in [0.15, 0.2) is 18.2 Å². The number of nitrogens with two attached hydrogens (primary N) is 1. The zero-order valence-electron chi connectivity index (χ0n) is 14.0. The lowest BCUT2D eigenvalue weighted by Gasteiger charge is -2.43. The van der Waals surface area contributed by atoms with Crippen LogP contribution in [0, 0.1) is 13.8 Å². The number of hydrogen-bond acceptors (Lipinski definition) is 3. The molecule has 3 N–H and O–H groups in total. The Morgan fingerprint density at radius 1 is 1.10 bits per heavy atom. The summed E-state index contributed by atoms with van der Waals surface area (Å²) >= 11 is 0. The Bertz CT molecular complexity index is 402. The quantitative estimate of drug-likeness (QED) is 0.595. The van der Waals surface area contributed by atoms with Gasteiger partial charge in [0.05, 0.1) is 0 Å². The van der Waals surface area contributed by atoms with Gasteiger partial charge in [0.2, 0.25) is 0 Å². The molecule has 3 heteroatoms. The molecular weight excluding hydrogens is 246 g/mol. The summed E-state index contributed by atoms with van der Waals surface area (Å²) < 4.78 is 0. The van der Waals surface area contributed by atoms with Gasteiger partial charge in [0.15, 0.2) is 0 Å². The summed E-state index contributed by atoms with van der Waals surface area (Å²) in [5.74, 6) is 5.85. The molecule has 0 aliphatic rings. The van der Waals surface area contributed by atoms with Gasteiger partial charge in [-0.3, -0.25) is 16.2 Å². The Morgan fingerprint density at radius 3 is 2.00 bits per heavy atom. The summed E-state index contributed by atoms with van der Waals surface area (Å²) in [6, 6.07) is 6.96. The molecule has 0 aliphatic carbocycles. The smallest absolute Gasteiger partial charge is 0.0429 e. The number of aryl methyl sites for hydroxylation is 2. The van der Waals surface area contributed by atoms with Gasteiger partial charge < -0.3 is 0 Å². The van der Waals surface area contributed by atoms with E-state index in [0.717, 1.165) is 19.5 Å². The summed E-state index contributed by atoms with van der Waals surface area (Å²) in [7, 11) is 0. The first-order chi connectivity index (χ1) is 9.34. The second-order valence-corrected chi connectivity index (χ2v) is 6.25. The highest BCUT2D eigenvalue weighted by Crippen LogP contribution is 2.22. The molecule has 3 nitrogen and oxygen atoms in total. The highest BCUT2D eigenvalue weighted by atomic mass is 15.3. The molecule has 1 atom stereocenters. The molecule has 0 spiro atoms. The molecule has 0 saturated heterocycles. The molecule has 0 aromatic heterocycles. The zero-order chi connectivity index (χ0) is 15.3. The molecule has 0 radical (unpaired) electrons.